The highest BCUT2D eigenvalue weighted by Crippen LogP contribution is 2.04. The van der Waals surface area contributed by atoms with Crippen LogP contribution < -0.4 is 5.32 Å². The van der Waals surface area contributed by atoms with Crippen molar-refractivity contribution in [2.45, 2.75) is 6.92 Å². The molecule has 1 aliphatic heterocycles. The van der Waals surface area contributed by atoms with Crippen molar-refractivity contribution in [1.82, 2.24) is 10.2 Å². The van der Waals surface area contributed by atoms with E-state index in [2.05, 4.69) is 16.9 Å². The van der Waals surface area contributed by atoms with Crippen molar-refractivity contribution in [3.63, 3.8) is 0 Å². The third kappa shape index (κ3) is 1.00. The highest BCUT2D eigenvalue weighted by molar-refractivity contribution is 5.99. The van der Waals surface area contributed by atoms with Crippen LogP contribution in [0.4, 0.5) is 4.79 Å². The standard InChI is InChI=1S/C6H9N3O/c1-4-7-5(2)9(3)6(10)8-4/h2H2,1,3H3,(H,7,8,10). The van der Waals surface area contributed by atoms with Crippen molar-refractivity contribution < 1.29 is 4.79 Å². The van der Waals surface area contributed by atoms with E-state index in [1.54, 1.807) is 14.0 Å². The largest absolute Gasteiger partial charge is 0.328 e. The average Bonchev–Trinajstić information content (AvgIpc) is 1.82. The predicted molar refractivity (Wildman–Crippen MR) is 38.5 cm³/mol. The van der Waals surface area contributed by atoms with Crippen molar-refractivity contribution in [3.05, 3.63) is 12.4 Å². The Bertz CT molecular complexity index is 219. The second-order valence-electron chi connectivity index (χ2n) is 2.10. The van der Waals surface area contributed by atoms with Crippen molar-refractivity contribution >= 4 is 11.9 Å². The van der Waals surface area contributed by atoms with Gasteiger partial charge in [-0.1, -0.05) is 6.58 Å². The molecule has 0 saturated carbocycles. The number of urea groups is 1. The molecule has 4 heteroatoms. The molecule has 0 unspecified atom stereocenters. The van der Waals surface area contributed by atoms with Crippen LogP contribution in [-0.2, 0) is 0 Å². The molecule has 54 valence electrons. The van der Waals surface area contributed by atoms with E-state index >= 15 is 0 Å². The molecule has 0 aromatic carbocycles. The van der Waals surface area contributed by atoms with Crippen LogP contribution in [0.5, 0.6) is 0 Å². The molecule has 0 fully saturated rings. The molecule has 10 heavy (non-hydrogen) atoms. The van der Waals surface area contributed by atoms with Gasteiger partial charge in [-0.15, -0.1) is 0 Å². The summed E-state index contributed by atoms with van der Waals surface area (Å²) in [7, 11) is 1.62. The van der Waals surface area contributed by atoms with E-state index in [4.69, 9.17) is 0 Å². The van der Waals surface area contributed by atoms with Crippen molar-refractivity contribution in [1.29, 1.82) is 0 Å². The van der Waals surface area contributed by atoms with Crippen LogP contribution in [-0.4, -0.2) is 23.8 Å². The summed E-state index contributed by atoms with van der Waals surface area (Å²) in [5.74, 6) is 1.06. The lowest BCUT2D eigenvalue weighted by atomic mass is 10.5. The van der Waals surface area contributed by atoms with Gasteiger partial charge < -0.3 is 0 Å². The quantitative estimate of drug-likeness (QED) is 0.522. The number of hydrogen-bond donors (Lipinski definition) is 1. The minimum atomic E-state index is -0.183. The Morgan fingerprint density at radius 1 is 1.70 bits per heavy atom. The molecule has 0 spiro atoms. The lowest BCUT2D eigenvalue weighted by Gasteiger charge is -2.21. The first-order chi connectivity index (χ1) is 4.61. The maximum Gasteiger partial charge on any atom is 0.328 e. The minimum absolute atomic E-state index is 0.183. The number of nitrogens with zero attached hydrogens (tertiary/aromatic N) is 2. The molecule has 1 heterocycles. The van der Waals surface area contributed by atoms with E-state index in [1.807, 2.05) is 0 Å². The summed E-state index contributed by atoms with van der Waals surface area (Å²) in [5.41, 5.74) is 0. The van der Waals surface area contributed by atoms with Crippen LogP contribution in [0.3, 0.4) is 0 Å². The monoisotopic (exact) mass is 139 g/mol. The van der Waals surface area contributed by atoms with Gasteiger partial charge in [-0.25, -0.2) is 9.79 Å². The molecule has 0 saturated heterocycles. The maximum absolute atomic E-state index is 10.9. The fourth-order valence-electron chi connectivity index (χ4n) is 0.652. The molecule has 0 aromatic heterocycles. The van der Waals surface area contributed by atoms with E-state index in [0.29, 0.717) is 11.7 Å². The lowest BCUT2D eigenvalue weighted by Crippen LogP contribution is -2.42. The first kappa shape index (κ1) is 6.80. The molecule has 0 aliphatic carbocycles. The van der Waals surface area contributed by atoms with Crippen molar-refractivity contribution in [2.24, 2.45) is 4.99 Å². The van der Waals surface area contributed by atoms with Gasteiger partial charge in [0.2, 0.25) is 0 Å². The average molecular weight is 139 g/mol. The van der Waals surface area contributed by atoms with E-state index in [9.17, 15) is 4.79 Å². The van der Waals surface area contributed by atoms with Gasteiger partial charge in [-0.2, -0.15) is 0 Å². The zero-order valence-electron chi connectivity index (χ0n) is 6.01. The second kappa shape index (κ2) is 2.13. The summed E-state index contributed by atoms with van der Waals surface area (Å²) in [6.07, 6.45) is 0. The molecule has 4 nitrogen and oxygen atoms in total. The van der Waals surface area contributed by atoms with E-state index in [1.165, 1.54) is 4.90 Å². The minimum Gasteiger partial charge on any atom is -0.296 e. The van der Waals surface area contributed by atoms with Gasteiger partial charge in [-0.05, 0) is 6.92 Å². The maximum atomic E-state index is 10.9. The molecule has 1 rings (SSSR count). The fraction of sp³-hybridized carbons (Fsp3) is 0.333. The van der Waals surface area contributed by atoms with Gasteiger partial charge in [-0.3, -0.25) is 10.2 Å². The van der Waals surface area contributed by atoms with Crippen LogP contribution in [0.15, 0.2) is 17.4 Å². The number of amidine groups is 1. The van der Waals surface area contributed by atoms with Gasteiger partial charge in [0.05, 0.1) is 0 Å². The van der Waals surface area contributed by atoms with E-state index < -0.39 is 0 Å². The summed E-state index contributed by atoms with van der Waals surface area (Å²) < 4.78 is 0. The Kier molecular flexibility index (Phi) is 1.45. The highest BCUT2D eigenvalue weighted by Gasteiger charge is 2.16. The highest BCUT2D eigenvalue weighted by atomic mass is 16.2. The lowest BCUT2D eigenvalue weighted by molar-refractivity contribution is 0.222. The van der Waals surface area contributed by atoms with Gasteiger partial charge >= 0.3 is 6.03 Å². The third-order valence-electron chi connectivity index (χ3n) is 1.28. The number of rotatable bonds is 0. The number of amides is 2. The van der Waals surface area contributed by atoms with Crippen LogP contribution in [0, 0.1) is 0 Å². The first-order valence-corrected chi connectivity index (χ1v) is 2.90. The summed E-state index contributed by atoms with van der Waals surface area (Å²) in [6, 6.07) is -0.183. The van der Waals surface area contributed by atoms with Crippen molar-refractivity contribution in [3.8, 4) is 0 Å². The summed E-state index contributed by atoms with van der Waals surface area (Å²) in [4.78, 5) is 16.2. The number of nitrogens with one attached hydrogen (secondary N) is 1. The van der Waals surface area contributed by atoms with E-state index in [-0.39, 0.29) is 6.03 Å². The molecule has 0 aromatic rings. The Hall–Kier alpha value is -1.32. The first-order valence-electron chi connectivity index (χ1n) is 2.90. The molecule has 0 atom stereocenters. The molecular weight excluding hydrogens is 130 g/mol. The number of carbonyl (C=O) groups is 1. The van der Waals surface area contributed by atoms with Gasteiger partial charge in [0.15, 0.2) is 0 Å². The fourth-order valence-corrected chi connectivity index (χ4v) is 0.652. The van der Waals surface area contributed by atoms with E-state index in [0.717, 1.165) is 0 Å². The Morgan fingerprint density at radius 2 is 2.30 bits per heavy atom. The Labute approximate surface area is 59.2 Å². The zero-order valence-corrected chi connectivity index (χ0v) is 6.01. The number of aliphatic imine (C=N–C) groups is 1. The molecule has 0 bridgehead atoms. The molecular formula is C6H9N3O. The Morgan fingerprint density at radius 3 is 2.80 bits per heavy atom. The smallest absolute Gasteiger partial charge is 0.296 e. The SMILES string of the molecule is C=C1N=C(C)NC(=O)N1C. The van der Waals surface area contributed by atoms with Gasteiger partial charge in [0, 0.05) is 7.05 Å². The van der Waals surface area contributed by atoms with Crippen LogP contribution in [0.1, 0.15) is 6.92 Å². The summed E-state index contributed by atoms with van der Waals surface area (Å²) in [5, 5.41) is 2.54. The zero-order chi connectivity index (χ0) is 7.72. The van der Waals surface area contributed by atoms with Gasteiger partial charge in [0.25, 0.3) is 0 Å². The van der Waals surface area contributed by atoms with Crippen LogP contribution in [0.25, 0.3) is 0 Å². The molecule has 2 amide bonds. The summed E-state index contributed by atoms with van der Waals surface area (Å²) in [6.45, 7) is 5.29. The van der Waals surface area contributed by atoms with Crippen LogP contribution in [0.2, 0.25) is 0 Å². The number of hydrogen-bond acceptors (Lipinski definition) is 2. The van der Waals surface area contributed by atoms with Crippen molar-refractivity contribution in [2.75, 3.05) is 7.05 Å². The Balaban J connectivity index is 2.89. The third-order valence-corrected chi connectivity index (χ3v) is 1.28. The molecule has 0 radical (unpaired) electrons. The topological polar surface area (TPSA) is 44.7 Å². The second-order valence-corrected chi connectivity index (χ2v) is 2.10. The number of carbonyl (C=O) groups excluding carboxylic acids is 1. The summed E-state index contributed by atoms with van der Waals surface area (Å²) >= 11 is 0. The predicted octanol–water partition coefficient (Wildman–Crippen LogP) is 0.531. The molecule has 1 aliphatic rings. The normalized spacial score (nSPS) is 18.6. The molecule has 1 N–H and O–H groups in total. The van der Waals surface area contributed by atoms with Crippen LogP contribution >= 0.6 is 0 Å². The van der Waals surface area contributed by atoms with Gasteiger partial charge in [0.1, 0.15) is 11.7 Å².